The monoisotopic (exact) mass is 462 g/mol. The first kappa shape index (κ1) is 17.3. The van der Waals surface area contributed by atoms with Gasteiger partial charge in [-0.25, -0.2) is 0 Å². The fraction of sp³-hybridized carbons (Fsp3) is 0.300. The van der Waals surface area contributed by atoms with Crippen LogP contribution in [0.25, 0.3) is 22.2 Å². The molecule has 0 N–H and O–H groups in total. The first-order valence-electron chi connectivity index (χ1n) is 8.78. The summed E-state index contributed by atoms with van der Waals surface area (Å²) in [5, 5.41) is 12.2. The lowest BCUT2D eigenvalue weighted by Gasteiger charge is -2.11. The number of nitro groups is 1. The molecule has 1 fully saturated rings. The van der Waals surface area contributed by atoms with Crippen LogP contribution in [0.1, 0.15) is 19.8 Å². The lowest BCUT2D eigenvalue weighted by atomic mass is 10.1. The Kier molecular flexibility index (Phi) is 4.60. The van der Waals surface area contributed by atoms with Crippen LogP contribution in [-0.2, 0) is 6.54 Å². The average Bonchev–Trinajstić information content (AvgIpc) is 3.41. The van der Waals surface area contributed by atoms with E-state index in [1.165, 1.54) is 27.3 Å². The standard InChI is InChI=1S/C20H19IN2O3/c1-2-26-16-9-10-17-18(11-16)22(12-13-3-4-13)20(19(17)21)14-5-7-15(8-6-14)23(24)25/h5-11,13H,2-4,12H2,1H3. The Labute approximate surface area is 165 Å². The number of rotatable bonds is 6. The largest absolute Gasteiger partial charge is 0.494 e. The van der Waals surface area contributed by atoms with Crippen molar-refractivity contribution in [1.29, 1.82) is 0 Å². The van der Waals surface area contributed by atoms with Gasteiger partial charge in [-0.1, -0.05) is 0 Å². The van der Waals surface area contributed by atoms with Crippen LogP contribution in [-0.4, -0.2) is 16.1 Å². The summed E-state index contributed by atoms with van der Waals surface area (Å²) in [7, 11) is 0. The first-order chi connectivity index (χ1) is 12.6. The van der Waals surface area contributed by atoms with Gasteiger partial charge in [0.1, 0.15) is 5.75 Å². The molecule has 1 saturated carbocycles. The summed E-state index contributed by atoms with van der Waals surface area (Å²) in [6.07, 6.45) is 2.53. The Balaban J connectivity index is 1.88. The van der Waals surface area contributed by atoms with E-state index in [9.17, 15) is 10.1 Å². The molecule has 0 atom stereocenters. The second kappa shape index (κ2) is 6.90. The second-order valence-electron chi connectivity index (χ2n) is 6.63. The van der Waals surface area contributed by atoms with Gasteiger partial charge < -0.3 is 9.30 Å². The minimum absolute atomic E-state index is 0.118. The number of nitro benzene ring substituents is 1. The third-order valence-electron chi connectivity index (χ3n) is 4.77. The quantitative estimate of drug-likeness (QED) is 0.271. The molecule has 0 radical (unpaired) electrons. The molecule has 5 nitrogen and oxygen atoms in total. The molecule has 1 heterocycles. The first-order valence-corrected chi connectivity index (χ1v) is 9.85. The second-order valence-corrected chi connectivity index (χ2v) is 7.71. The van der Waals surface area contributed by atoms with Gasteiger partial charge in [-0.3, -0.25) is 10.1 Å². The molecule has 1 aromatic heterocycles. The van der Waals surface area contributed by atoms with Crippen LogP contribution in [0.15, 0.2) is 42.5 Å². The smallest absolute Gasteiger partial charge is 0.269 e. The summed E-state index contributed by atoms with van der Waals surface area (Å²) in [5.41, 5.74) is 3.43. The van der Waals surface area contributed by atoms with Crippen LogP contribution < -0.4 is 4.74 Å². The maximum Gasteiger partial charge on any atom is 0.269 e. The molecule has 1 aliphatic rings. The molecular weight excluding hydrogens is 443 g/mol. The zero-order valence-electron chi connectivity index (χ0n) is 14.4. The van der Waals surface area contributed by atoms with Gasteiger partial charge in [-0.2, -0.15) is 0 Å². The maximum atomic E-state index is 11.0. The lowest BCUT2D eigenvalue weighted by molar-refractivity contribution is -0.384. The Bertz CT molecular complexity index is 975. The molecule has 0 saturated heterocycles. The predicted molar refractivity (Wildman–Crippen MR) is 111 cm³/mol. The summed E-state index contributed by atoms with van der Waals surface area (Å²) in [4.78, 5) is 10.6. The number of ether oxygens (including phenoxy) is 1. The van der Waals surface area contributed by atoms with Gasteiger partial charge in [-0.05, 0) is 78.1 Å². The highest BCUT2D eigenvalue weighted by Crippen LogP contribution is 2.40. The third-order valence-corrected chi connectivity index (χ3v) is 5.87. The molecule has 0 amide bonds. The molecule has 0 bridgehead atoms. The van der Waals surface area contributed by atoms with Crippen LogP contribution >= 0.6 is 22.6 Å². The number of halogens is 1. The van der Waals surface area contributed by atoms with E-state index < -0.39 is 0 Å². The fourth-order valence-corrected chi connectivity index (χ4v) is 4.37. The van der Waals surface area contributed by atoms with Gasteiger partial charge in [0.15, 0.2) is 0 Å². The molecule has 1 aliphatic carbocycles. The van der Waals surface area contributed by atoms with Crippen LogP contribution in [0, 0.1) is 19.6 Å². The van der Waals surface area contributed by atoms with Crippen molar-refractivity contribution in [3.8, 4) is 17.0 Å². The van der Waals surface area contributed by atoms with Gasteiger partial charge in [0.2, 0.25) is 0 Å². The summed E-state index contributed by atoms with van der Waals surface area (Å²) < 4.78 is 9.23. The number of fused-ring (bicyclic) bond motifs is 1. The third kappa shape index (κ3) is 3.18. The van der Waals surface area contributed by atoms with Crippen molar-refractivity contribution in [2.75, 3.05) is 6.61 Å². The van der Waals surface area contributed by atoms with Gasteiger partial charge in [0.05, 0.1) is 22.7 Å². The van der Waals surface area contributed by atoms with Gasteiger partial charge in [-0.15, -0.1) is 0 Å². The minimum atomic E-state index is -0.358. The number of aromatic nitrogens is 1. The highest BCUT2D eigenvalue weighted by Gasteiger charge is 2.26. The average molecular weight is 462 g/mol. The highest BCUT2D eigenvalue weighted by atomic mass is 127. The van der Waals surface area contributed by atoms with Crippen LogP contribution in [0.2, 0.25) is 0 Å². The van der Waals surface area contributed by atoms with Gasteiger partial charge >= 0.3 is 0 Å². The van der Waals surface area contributed by atoms with E-state index in [0.29, 0.717) is 12.5 Å². The molecule has 0 aliphatic heterocycles. The minimum Gasteiger partial charge on any atom is -0.494 e. The summed E-state index contributed by atoms with van der Waals surface area (Å²) in [6.45, 7) is 3.60. The van der Waals surface area contributed by atoms with Crippen LogP contribution in [0.3, 0.4) is 0 Å². The number of hydrogen-bond acceptors (Lipinski definition) is 3. The number of benzene rings is 2. The normalized spacial score (nSPS) is 13.9. The van der Waals surface area contributed by atoms with E-state index in [2.05, 4.69) is 39.3 Å². The zero-order chi connectivity index (χ0) is 18.3. The molecular formula is C20H19IN2O3. The van der Waals surface area contributed by atoms with E-state index in [0.717, 1.165) is 23.6 Å². The molecule has 0 unspecified atom stereocenters. The fourth-order valence-electron chi connectivity index (χ4n) is 3.32. The van der Waals surface area contributed by atoms with Gasteiger partial charge in [0.25, 0.3) is 5.69 Å². The van der Waals surface area contributed by atoms with Gasteiger partial charge in [0, 0.05) is 33.7 Å². The van der Waals surface area contributed by atoms with Crippen LogP contribution in [0.4, 0.5) is 5.69 Å². The van der Waals surface area contributed by atoms with Crippen molar-refractivity contribution in [3.05, 3.63) is 56.1 Å². The molecule has 3 aromatic rings. The highest BCUT2D eigenvalue weighted by molar-refractivity contribution is 14.1. The van der Waals surface area contributed by atoms with E-state index in [-0.39, 0.29) is 10.6 Å². The van der Waals surface area contributed by atoms with Crippen molar-refractivity contribution < 1.29 is 9.66 Å². The number of non-ortho nitro benzene ring substituents is 1. The number of nitrogens with zero attached hydrogens (tertiary/aromatic N) is 2. The Morgan fingerprint density at radius 1 is 1.23 bits per heavy atom. The Morgan fingerprint density at radius 3 is 2.58 bits per heavy atom. The van der Waals surface area contributed by atoms with Crippen molar-refractivity contribution >= 4 is 39.2 Å². The molecule has 0 spiro atoms. The summed E-state index contributed by atoms with van der Waals surface area (Å²) in [6, 6.07) is 13.1. The zero-order valence-corrected chi connectivity index (χ0v) is 16.6. The summed E-state index contributed by atoms with van der Waals surface area (Å²) >= 11 is 2.39. The molecule has 6 heteroatoms. The predicted octanol–water partition coefficient (Wildman–Crippen LogP) is 5.63. The van der Waals surface area contributed by atoms with E-state index in [1.807, 2.05) is 25.1 Å². The van der Waals surface area contributed by atoms with Crippen molar-refractivity contribution in [3.63, 3.8) is 0 Å². The van der Waals surface area contributed by atoms with E-state index >= 15 is 0 Å². The van der Waals surface area contributed by atoms with E-state index in [1.54, 1.807) is 12.1 Å². The molecule has 26 heavy (non-hydrogen) atoms. The van der Waals surface area contributed by atoms with Crippen molar-refractivity contribution in [2.45, 2.75) is 26.3 Å². The summed E-state index contributed by atoms with van der Waals surface area (Å²) in [5.74, 6) is 1.59. The van der Waals surface area contributed by atoms with Crippen LogP contribution in [0.5, 0.6) is 5.75 Å². The molecule has 4 rings (SSSR count). The molecule has 2 aromatic carbocycles. The van der Waals surface area contributed by atoms with E-state index in [4.69, 9.17) is 4.74 Å². The topological polar surface area (TPSA) is 57.3 Å². The number of hydrogen-bond donors (Lipinski definition) is 0. The molecule has 134 valence electrons. The SMILES string of the molecule is CCOc1ccc2c(I)c(-c3ccc([N+](=O)[O-])cc3)n(CC3CC3)c2c1. The van der Waals surface area contributed by atoms with Crippen molar-refractivity contribution in [1.82, 2.24) is 4.57 Å². The Hall–Kier alpha value is -2.09. The van der Waals surface area contributed by atoms with Crippen molar-refractivity contribution in [2.24, 2.45) is 5.92 Å². The Morgan fingerprint density at radius 2 is 1.96 bits per heavy atom. The lowest BCUT2D eigenvalue weighted by Crippen LogP contribution is -2.02. The maximum absolute atomic E-state index is 11.0.